The molecule has 0 radical (unpaired) electrons. The maximum Gasteiger partial charge on any atom is 0.0796 e. The first-order chi connectivity index (χ1) is 9.63. The van der Waals surface area contributed by atoms with Crippen molar-refractivity contribution in [3.05, 3.63) is 43.4 Å². The van der Waals surface area contributed by atoms with Crippen molar-refractivity contribution in [3.63, 3.8) is 0 Å². The van der Waals surface area contributed by atoms with E-state index in [0.717, 1.165) is 23.7 Å². The number of halogens is 4. The van der Waals surface area contributed by atoms with Gasteiger partial charge in [0.1, 0.15) is 0 Å². The van der Waals surface area contributed by atoms with E-state index in [4.69, 9.17) is 46.4 Å². The molecule has 1 aromatic carbocycles. The summed E-state index contributed by atoms with van der Waals surface area (Å²) in [5.41, 5.74) is 2.44. The van der Waals surface area contributed by atoms with E-state index in [1.807, 2.05) is 0 Å². The minimum atomic E-state index is 0.435. The lowest BCUT2D eigenvalue weighted by atomic mass is 9.68. The molecule has 6 rings (SSSR count). The molecule has 0 N–H and O–H groups in total. The molecule has 2 fully saturated rings. The van der Waals surface area contributed by atoms with E-state index in [1.165, 1.54) is 24.0 Å². The van der Waals surface area contributed by atoms with Crippen molar-refractivity contribution < 1.29 is 0 Å². The van der Waals surface area contributed by atoms with Crippen molar-refractivity contribution in [1.29, 1.82) is 0 Å². The van der Waals surface area contributed by atoms with Crippen LogP contribution in [0.15, 0.2) is 12.2 Å². The van der Waals surface area contributed by atoms with Gasteiger partial charge < -0.3 is 0 Å². The fourth-order valence-electron chi connectivity index (χ4n) is 5.50. The molecule has 0 amide bonds. The molecule has 1 aromatic rings. The molecule has 5 aliphatic rings. The van der Waals surface area contributed by atoms with Crippen LogP contribution in [0, 0.1) is 23.7 Å². The van der Waals surface area contributed by atoms with Gasteiger partial charge in [0.2, 0.25) is 0 Å². The van der Waals surface area contributed by atoms with Crippen LogP contribution in [0.3, 0.4) is 0 Å². The highest BCUT2D eigenvalue weighted by molar-refractivity contribution is 6.52. The first-order valence-corrected chi connectivity index (χ1v) is 8.64. The van der Waals surface area contributed by atoms with Crippen LogP contribution in [0.5, 0.6) is 0 Å². The molecule has 6 bridgehead atoms. The Morgan fingerprint density at radius 1 is 0.650 bits per heavy atom. The summed E-state index contributed by atoms with van der Waals surface area (Å²) in [6.07, 6.45) is 7.04. The molecule has 0 saturated heterocycles. The molecule has 0 nitrogen and oxygen atoms in total. The topological polar surface area (TPSA) is 0 Å². The van der Waals surface area contributed by atoms with E-state index < -0.39 is 0 Å². The fourth-order valence-corrected chi connectivity index (χ4v) is 6.64. The summed E-state index contributed by atoms with van der Waals surface area (Å²) in [5, 5.41) is 2.18. The monoisotopic (exact) mass is 344 g/mol. The van der Waals surface area contributed by atoms with E-state index in [0.29, 0.717) is 31.9 Å². The zero-order valence-electron chi connectivity index (χ0n) is 10.5. The molecule has 0 heterocycles. The fraction of sp³-hybridized carbons (Fsp3) is 0.500. The molecule has 5 aliphatic carbocycles. The quantitative estimate of drug-likeness (QED) is 0.293. The first-order valence-electron chi connectivity index (χ1n) is 7.13. The first kappa shape index (κ1) is 12.6. The molecule has 2 unspecified atom stereocenters. The van der Waals surface area contributed by atoms with E-state index in [9.17, 15) is 0 Å². The van der Waals surface area contributed by atoms with Gasteiger partial charge in [0, 0.05) is 0 Å². The van der Waals surface area contributed by atoms with Crippen LogP contribution < -0.4 is 0 Å². The average molecular weight is 346 g/mol. The van der Waals surface area contributed by atoms with Crippen molar-refractivity contribution in [2.75, 3.05) is 0 Å². The van der Waals surface area contributed by atoms with Crippen LogP contribution in [0.25, 0.3) is 0 Å². The van der Waals surface area contributed by atoms with Gasteiger partial charge in [-0.15, -0.1) is 0 Å². The van der Waals surface area contributed by atoms with Crippen molar-refractivity contribution in [2.24, 2.45) is 23.7 Å². The molecule has 2 saturated carbocycles. The summed E-state index contributed by atoms with van der Waals surface area (Å²) < 4.78 is 0. The molecule has 6 atom stereocenters. The molecular formula is C16H12Cl4. The highest BCUT2D eigenvalue weighted by Gasteiger charge is 2.71. The van der Waals surface area contributed by atoms with Crippen LogP contribution in [0.2, 0.25) is 20.1 Å². The Morgan fingerprint density at radius 2 is 1.10 bits per heavy atom. The van der Waals surface area contributed by atoms with Gasteiger partial charge in [-0.1, -0.05) is 58.6 Å². The summed E-state index contributed by atoms with van der Waals surface area (Å²) >= 11 is 25.6. The number of rotatable bonds is 0. The summed E-state index contributed by atoms with van der Waals surface area (Å²) in [4.78, 5) is 0. The maximum absolute atomic E-state index is 6.56. The lowest BCUT2D eigenvalue weighted by Crippen LogP contribution is -2.26. The number of allylic oxidation sites excluding steroid dienone is 2. The summed E-state index contributed by atoms with van der Waals surface area (Å²) in [7, 11) is 0. The van der Waals surface area contributed by atoms with Crippen LogP contribution in [0.1, 0.15) is 35.8 Å². The van der Waals surface area contributed by atoms with E-state index in [1.54, 1.807) is 0 Å². The second-order valence-electron chi connectivity index (χ2n) is 6.56. The van der Waals surface area contributed by atoms with E-state index in [2.05, 4.69) is 12.2 Å². The molecule has 4 heteroatoms. The maximum atomic E-state index is 6.56. The minimum absolute atomic E-state index is 0.435. The third-order valence-electron chi connectivity index (χ3n) is 6.04. The van der Waals surface area contributed by atoms with Crippen LogP contribution in [-0.2, 0) is 0 Å². The van der Waals surface area contributed by atoms with Gasteiger partial charge in [0.25, 0.3) is 0 Å². The van der Waals surface area contributed by atoms with Gasteiger partial charge >= 0.3 is 0 Å². The lowest BCUT2D eigenvalue weighted by molar-refractivity contribution is 0.318. The zero-order valence-corrected chi connectivity index (χ0v) is 13.6. The number of benzene rings is 1. The predicted octanol–water partition coefficient (Wildman–Crippen LogP) is 6.32. The van der Waals surface area contributed by atoms with Gasteiger partial charge in [-0.05, 0) is 59.5 Å². The highest BCUT2D eigenvalue weighted by Crippen LogP contribution is 2.80. The normalized spacial score (nSPS) is 42.4. The smallest absolute Gasteiger partial charge is 0.0796 e. The molecule has 20 heavy (non-hydrogen) atoms. The Bertz CT molecular complexity index is 656. The largest absolute Gasteiger partial charge is 0.0882 e. The van der Waals surface area contributed by atoms with Crippen molar-refractivity contribution >= 4 is 46.4 Å². The van der Waals surface area contributed by atoms with Gasteiger partial charge in [-0.25, -0.2) is 0 Å². The van der Waals surface area contributed by atoms with E-state index in [-0.39, 0.29) is 0 Å². The Kier molecular flexibility index (Phi) is 2.47. The van der Waals surface area contributed by atoms with Gasteiger partial charge in [0.05, 0.1) is 20.1 Å². The molecule has 104 valence electrons. The molecular weight excluding hydrogens is 334 g/mol. The predicted molar refractivity (Wildman–Crippen MR) is 84.3 cm³/mol. The third-order valence-corrected chi connectivity index (χ3v) is 7.87. The third kappa shape index (κ3) is 1.25. The van der Waals surface area contributed by atoms with E-state index >= 15 is 0 Å². The Balaban J connectivity index is 1.81. The summed E-state index contributed by atoms with van der Waals surface area (Å²) in [6, 6.07) is 0. The lowest BCUT2D eigenvalue weighted by Gasteiger charge is -2.37. The van der Waals surface area contributed by atoms with Gasteiger partial charge in [-0.3, -0.25) is 0 Å². The summed E-state index contributed by atoms with van der Waals surface area (Å²) in [6.45, 7) is 0. The minimum Gasteiger partial charge on any atom is -0.0882 e. The zero-order chi connectivity index (χ0) is 13.8. The molecule has 0 aromatic heterocycles. The average Bonchev–Trinajstić information content (AvgIpc) is 3.12. The van der Waals surface area contributed by atoms with Crippen molar-refractivity contribution in [1.82, 2.24) is 0 Å². The van der Waals surface area contributed by atoms with Crippen molar-refractivity contribution in [3.8, 4) is 0 Å². The standard InChI is InChI=1S/C16H12Cl4/c17-13-11-7-5-3-1-2-4-6(7)9-8(5)10(9)12(11)14(18)16(20)15(13)19/h1-2,5-10H,3-4H2/t5-,6+,7?,8+,9-,10?. The number of hydrogen-bond donors (Lipinski definition) is 0. The molecule has 0 aliphatic heterocycles. The Morgan fingerprint density at radius 3 is 1.60 bits per heavy atom. The Hall–Kier alpha value is 0.120. The van der Waals surface area contributed by atoms with Gasteiger partial charge in [-0.2, -0.15) is 0 Å². The molecule has 0 spiro atoms. The second-order valence-corrected chi connectivity index (χ2v) is 8.07. The van der Waals surface area contributed by atoms with Crippen LogP contribution in [-0.4, -0.2) is 0 Å². The SMILES string of the molecule is Clc1c(Cl)c(Cl)c2c(c1Cl)C1[C@@H]3[C@H]1[C@H]1CC=CC[C@@H]3C21. The Labute approximate surface area is 138 Å². The van der Waals surface area contributed by atoms with Gasteiger partial charge in [0.15, 0.2) is 0 Å². The van der Waals surface area contributed by atoms with Crippen LogP contribution in [0.4, 0.5) is 0 Å². The second kappa shape index (κ2) is 3.90. The summed E-state index contributed by atoms with van der Waals surface area (Å²) in [5.74, 6) is 4.16. The van der Waals surface area contributed by atoms with Crippen molar-refractivity contribution in [2.45, 2.75) is 24.7 Å². The van der Waals surface area contributed by atoms with Crippen LogP contribution >= 0.6 is 46.4 Å². The highest BCUT2D eigenvalue weighted by atomic mass is 35.5. The number of hydrogen-bond acceptors (Lipinski definition) is 0.